The Morgan fingerprint density at radius 2 is 1.82 bits per heavy atom. The lowest BCUT2D eigenvalue weighted by Crippen LogP contribution is -2.57. The van der Waals surface area contributed by atoms with E-state index in [0.29, 0.717) is 38.4 Å². The molecule has 3 fully saturated rings. The number of carbonyl (C=O) groups is 1. The fraction of sp³-hybridized carbons (Fsp3) is 0.737. The monoisotopic (exact) mass is 407 g/mol. The van der Waals surface area contributed by atoms with Crippen molar-refractivity contribution in [2.45, 2.75) is 32.2 Å². The van der Waals surface area contributed by atoms with Gasteiger partial charge < -0.3 is 9.80 Å². The molecule has 0 radical (unpaired) electrons. The van der Waals surface area contributed by atoms with E-state index in [1.165, 1.54) is 0 Å². The Morgan fingerprint density at radius 3 is 2.43 bits per heavy atom. The number of aromatic nitrogens is 2. The van der Waals surface area contributed by atoms with Crippen molar-refractivity contribution in [1.29, 1.82) is 0 Å². The molecule has 1 aromatic heterocycles. The van der Waals surface area contributed by atoms with Crippen LogP contribution in [0.15, 0.2) is 18.5 Å². The van der Waals surface area contributed by atoms with Gasteiger partial charge in [-0.3, -0.25) is 4.79 Å². The minimum Gasteiger partial charge on any atom is -0.340 e. The second-order valence-corrected chi connectivity index (χ2v) is 10.8. The number of hydrogen-bond acceptors (Lipinski definition) is 6. The fourth-order valence-electron chi connectivity index (χ4n) is 5.32. The summed E-state index contributed by atoms with van der Waals surface area (Å²) >= 11 is 0. The largest absolute Gasteiger partial charge is 0.340 e. The summed E-state index contributed by atoms with van der Waals surface area (Å²) in [5, 5.41) is 0. The molecule has 9 heteroatoms. The van der Waals surface area contributed by atoms with E-state index in [2.05, 4.69) is 14.9 Å². The Kier molecular flexibility index (Phi) is 4.86. The van der Waals surface area contributed by atoms with Gasteiger partial charge in [0.05, 0.1) is 17.2 Å². The number of nitrogens with zero attached hydrogens (tertiary/aromatic N) is 5. The Labute approximate surface area is 167 Å². The second-order valence-electron chi connectivity index (χ2n) is 8.74. The van der Waals surface area contributed by atoms with Gasteiger partial charge in [0, 0.05) is 51.5 Å². The standard InChI is InChI=1S/C19H29N5O3S/c1-14(2)13-28(26,27)24-9-5-19(6-10-24)16-12-23(18-20-7-4-8-21-18)11-15(16)17(25)22(19)3/h4,7-8,14-16H,5-6,9-13H2,1-3H3/t15-,16+/m1/s1. The van der Waals surface area contributed by atoms with Crippen molar-refractivity contribution in [2.75, 3.05) is 43.9 Å². The van der Waals surface area contributed by atoms with Crippen molar-refractivity contribution in [1.82, 2.24) is 19.2 Å². The summed E-state index contributed by atoms with van der Waals surface area (Å²) in [7, 11) is -1.35. The molecule has 0 saturated carbocycles. The van der Waals surface area contributed by atoms with E-state index in [-0.39, 0.29) is 35.0 Å². The highest BCUT2D eigenvalue weighted by atomic mass is 32.2. The van der Waals surface area contributed by atoms with Crippen LogP contribution in [0.5, 0.6) is 0 Å². The van der Waals surface area contributed by atoms with E-state index in [9.17, 15) is 13.2 Å². The van der Waals surface area contributed by atoms with Gasteiger partial charge in [0.15, 0.2) is 0 Å². The molecule has 28 heavy (non-hydrogen) atoms. The molecule has 1 aromatic rings. The molecule has 0 unspecified atom stereocenters. The smallest absolute Gasteiger partial charge is 0.228 e. The zero-order valence-corrected chi connectivity index (χ0v) is 17.6. The van der Waals surface area contributed by atoms with Crippen molar-refractivity contribution < 1.29 is 13.2 Å². The molecular formula is C19H29N5O3S. The molecule has 3 aliphatic heterocycles. The molecule has 0 aliphatic carbocycles. The minimum atomic E-state index is -3.24. The van der Waals surface area contributed by atoms with Crippen molar-refractivity contribution >= 4 is 21.9 Å². The lowest BCUT2D eigenvalue weighted by atomic mass is 9.75. The molecule has 1 spiro atoms. The SMILES string of the molecule is CC(C)CS(=O)(=O)N1CCC2(CC1)[C@H]1CN(c3ncccn3)C[C@H]1C(=O)N2C. The first-order chi connectivity index (χ1) is 13.2. The lowest BCUT2D eigenvalue weighted by molar-refractivity contribution is -0.132. The van der Waals surface area contributed by atoms with Crippen LogP contribution < -0.4 is 4.90 Å². The average Bonchev–Trinajstić information content (AvgIpc) is 3.18. The molecule has 3 saturated heterocycles. The van der Waals surface area contributed by atoms with Gasteiger partial charge in [0.1, 0.15) is 0 Å². The first-order valence-electron chi connectivity index (χ1n) is 10.0. The third-order valence-corrected chi connectivity index (χ3v) is 8.93. The summed E-state index contributed by atoms with van der Waals surface area (Å²) in [6, 6.07) is 1.79. The van der Waals surface area contributed by atoms with E-state index in [4.69, 9.17) is 0 Å². The zero-order valence-electron chi connectivity index (χ0n) is 16.8. The molecular weight excluding hydrogens is 378 g/mol. The lowest BCUT2D eigenvalue weighted by Gasteiger charge is -2.46. The van der Waals surface area contributed by atoms with Crippen molar-refractivity contribution in [3.05, 3.63) is 18.5 Å². The Morgan fingerprint density at radius 1 is 1.18 bits per heavy atom. The number of likely N-dealkylation sites (tertiary alicyclic amines) is 1. The maximum absolute atomic E-state index is 13.0. The quantitative estimate of drug-likeness (QED) is 0.735. The summed E-state index contributed by atoms with van der Waals surface area (Å²) in [6.45, 7) is 6.19. The number of fused-ring (bicyclic) bond motifs is 2. The first-order valence-corrected chi connectivity index (χ1v) is 11.6. The minimum absolute atomic E-state index is 0.0624. The number of sulfonamides is 1. The van der Waals surface area contributed by atoms with Crippen LogP contribution in [0.1, 0.15) is 26.7 Å². The molecule has 0 aromatic carbocycles. The van der Waals surface area contributed by atoms with Crippen molar-refractivity contribution in [2.24, 2.45) is 17.8 Å². The van der Waals surface area contributed by atoms with Gasteiger partial charge >= 0.3 is 0 Å². The third-order valence-electron chi connectivity index (χ3n) is 6.69. The van der Waals surface area contributed by atoms with Gasteiger partial charge in [-0.1, -0.05) is 13.8 Å². The van der Waals surface area contributed by atoms with E-state index in [1.54, 1.807) is 22.8 Å². The molecule has 154 valence electrons. The summed E-state index contributed by atoms with van der Waals surface area (Å²) < 4.78 is 26.9. The predicted octanol–water partition coefficient (Wildman–Crippen LogP) is 0.821. The molecule has 1 amide bonds. The zero-order chi connectivity index (χ0) is 20.1. The number of rotatable bonds is 4. The van der Waals surface area contributed by atoms with Crippen molar-refractivity contribution in [3.8, 4) is 0 Å². The molecule has 0 bridgehead atoms. The van der Waals surface area contributed by atoms with Crippen LogP contribution in [0.2, 0.25) is 0 Å². The fourth-order valence-corrected chi connectivity index (χ4v) is 7.11. The maximum atomic E-state index is 13.0. The highest BCUT2D eigenvalue weighted by Gasteiger charge is 2.61. The number of hydrogen-bond donors (Lipinski definition) is 0. The highest BCUT2D eigenvalue weighted by Crippen LogP contribution is 2.49. The Bertz CT molecular complexity index is 836. The van der Waals surface area contributed by atoms with E-state index >= 15 is 0 Å². The predicted molar refractivity (Wildman–Crippen MR) is 106 cm³/mol. The number of carbonyl (C=O) groups excluding carboxylic acids is 1. The van der Waals surface area contributed by atoms with Gasteiger partial charge in [-0.2, -0.15) is 0 Å². The van der Waals surface area contributed by atoms with E-state index in [0.717, 1.165) is 6.54 Å². The van der Waals surface area contributed by atoms with Gasteiger partial charge in [-0.05, 0) is 24.8 Å². The van der Waals surface area contributed by atoms with Crippen LogP contribution in [-0.2, 0) is 14.8 Å². The van der Waals surface area contributed by atoms with Gasteiger partial charge in [-0.15, -0.1) is 0 Å². The molecule has 8 nitrogen and oxygen atoms in total. The summed E-state index contributed by atoms with van der Waals surface area (Å²) in [5.74, 6) is 1.24. The van der Waals surface area contributed by atoms with Gasteiger partial charge in [0.25, 0.3) is 0 Å². The highest BCUT2D eigenvalue weighted by molar-refractivity contribution is 7.89. The third kappa shape index (κ3) is 3.08. The first kappa shape index (κ1) is 19.6. The average molecular weight is 408 g/mol. The number of piperidine rings is 1. The van der Waals surface area contributed by atoms with E-state index < -0.39 is 10.0 Å². The van der Waals surface area contributed by atoms with Crippen LogP contribution in [0, 0.1) is 17.8 Å². The van der Waals surface area contributed by atoms with E-state index in [1.807, 2.05) is 25.8 Å². The van der Waals surface area contributed by atoms with Crippen LogP contribution in [0.25, 0.3) is 0 Å². The second kappa shape index (κ2) is 6.95. The number of anilines is 1. The molecule has 0 N–H and O–H groups in total. The Balaban J connectivity index is 1.53. The topological polar surface area (TPSA) is 86.7 Å². The summed E-state index contributed by atoms with van der Waals surface area (Å²) in [4.78, 5) is 25.7. The van der Waals surface area contributed by atoms with Crippen LogP contribution in [0.4, 0.5) is 5.95 Å². The van der Waals surface area contributed by atoms with Crippen LogP contribution in [-0.4, -0.2) is 78.0 Å². The molecule has 4 heterocycles. The molecule has 4 rings (SSSR count). The maximum Gasteiger partial charge on any atom is 0.228 e. The normalized spacial score (nSPS) is 27.8. The summed E-state index contributed by atoms with van der Waals surface area (Å²) in [5.41, 5.74) is -0.269. The van der Waals surface area contributed by atoms with Gasteiger partial charge in [-0.25, -0.2) is 22.7 Å². The van der Waals surface area contributed by atoms with Gasteiger partial charge in [0.2, 0.25) is 21.9 Å². The molecule has 2 atom stereocenters. The molecule has 3 aliphatic rings. The summed E-state index contributed by atoms with van der Waals surface area (Å²) in [6.07, 6.45) is 4.82. The van der Waals surface area contributed by atoms with Crippen LogP contribution >= 0.6 is 0 Å². The van der Waals surface area contributed by atoms with Crippen molar-refractivity contribution in [3.63, 3.8) is 0 Å². The number of amides is 1. The Hall–Kier alpha value is -1.74. The van der Waals surface area contributed by atoms with Crippen LogP contribution in [0.3, 0.4) is 0 Å².